The van der Waals surface area contributed by atoms with Crippen molar-refractivity contribution in [3.63, 3.8) is 0 Å². The summed E-state index contributed by atoms with van der Waals surface area (Å²) in [7, 11) is -2.45. The van der Waals surface area contributed by atoms with Crippen LogP contribution in [0, 0.1) is 0 Å². The van der Waals surface area contributed by atoms with Crippen LogP contribution in [0.25, 0.3) is 0 Å². The van der Waals surface area contributed by atoms with Gasteiger partial charge >= 0.3 is 8.56 Å². The van der Waals surface area contributed by atoms with Gasteiger partial charge in [0.25, 0.3) is 0 Å². The summed E-state index contributed by atoms with van der Waals surface area (Å²) in [6.07, 6.45) is 0. The lowest BCUT2D eigenvalue weighted by Gasteiger charge is -2.28. The molecule has 0 bridgehead atoms. The molecular weight excluding hydrogens is 216 g/mol. The van der Waals surface area contributed by atoms with Crippen LogP contribution in [0.2, 0.25) is 6.55 Å². The van der Waals surface area contributed by atoms with Gasteiger partial charge < -0.3 is 8.85 Å². The third kappa shape index (κ3) is 3.27. The second-order valence-electron chi connectivity index (χ2n) is 3.92. The molecule has 1 aromatic carbocycles. The largest absolute Gasteiger partial charge is 0.514 e. The van der Waals surface area contributed by atoms with E-state index in [2.05, 4.69) is 13.2 Å². The maximum atomic E-state index is 5.80. The molecular formula is C13H18O2Si. The van der Waals surface area contributed by atoms with Gasteiger partial charge in [0.1, 0.15) is 0 Å². The Morgan fingerprint density at radius 2 is 1.44 bits per heavy atom. The van der Waals surface area contributed by atoms with Crippen molar-refractivity contribution in [1.29, 1.82) is 0 Å². The number of hydrogen-bond donors (Lipinski definition) is 0. The van der Waals surface area contributed by atoms with Crippen molar-refractivity contribution in [3.05, 3.63) is 55.0 Å². The summed E-state index contributed by atoms with van der Waals surface area (Å²) in [4.78, 5) is 0. The van der Waals surface area contributed by atoms with Crippen LogP contribution in [-0.4, -0.2) is 8.56 Å². The first kappa shape index (κ1) is 12.6. The summed E-state index contributed by atoms with van der Waals surface area (Å²) >= 11 is 0. The maximum absolute atomic E-state index is 5.80. The highest BCUT2D eigenvalue weighted by Crippen LogP contribution is 2.15. The van der Waals surface area contributed by atoms with Crippen LogP contribution >= 0.6 is 0 Å². The summed E-state index contributed by atoms with van der Waals surface area (Å²) in [5, 5.41) is 1.07. The molecule has 86 valence electrons. The minimum Gasteiger partial charge on any atom is -0.514 e. The average Bonchev–Trinajstić information content (AvgIpc) is 2.16. The smallest absolute Gasteiger partial charge is 0.491 e. The first-order valence-electron chi connectivity index (χ1n) is 5.18. The van der Waals surface area contributed by atoms with Crippen molar-refractivity contribution in [1.82, 2.24) is 0 Å². The zero-order valence-electron chi connectivity index (χ0n) is 10.1. The highest BCUT2D eigenvalue weighted by Gasteiger charge is 2.38. The molecule has 0 aliphatic heterocycles. The molecule has 3 heteroatoms. The molecule has 0 heterocycles. The lowest BCUT2D eigenvalue weighted by Crippen LogP contribution is -2.50. The van der Waals surface area contributed by atoms with Crippen LogP contribution in [0.1, 0.15) is 13.8 Å². The van der Waals surface area contributed by atoms with Crippen molar-refractivity contribution in [2.75, 3.05) is 0 Å². The molecule has 0 aromatic heterocycles. The highest BCUT2D eigenvalue weighted by molar-refractivity contribution is 6.80. The van der Waals surface area contributed by atoms with Gasteiger partial charge in [-0.2, -0.15) is 0 Å². The van der Waals surface area contributed by atoms with Gasteiger partial charge in [-0.05, 0) is 13.8 Å². The first-order chi connectivity index (χ1) is 7.44. The van der Waals surface area contributed by atoms with Crippen LogP contribution in [0.3, 0.4) is 0 Å². The summed E-state index contributed by atoms with van der Waals surface area (Å²) in [6, 6.07) is 9.95. The lowest BCUT2D eigenvalue weighted by molar-refractivity contribution is 0.285. The van der Waals surface area contributed by atoms with Gasteiger partial charge in [-0.1, -0.05) is 43.5 Å². The molecule has 0 saturated heterocycles. The molecule has 0 saturated carbocycles. The summed E-state index contributed by atoms with van der Waals surface area (Å²) in [5.41, 5.74) is 0. The average molecular weight is 234 g/mol. The molecule has 0 atom stereocenters. The fraction of sp³-hybridized carbons (Fsp3) is 0.231. The Morgan fingerprint density at radius 1 is 1.00 bits per heavy atom. The van der Waals surface area contributed by atoms with Crippen LogP contribution in [-0.2, 0) is 8.85 Å². The van der Waals surface area contributed by atoms with Crippen molar-refractivity contribution in [2.45, 2.75) is 20.4 Å². The number of hydrogen-bond acceptors (Lipinski definition) is 2. The van der Waals surface area contributed by atoms with E-state index < -0.39 is 8.56 Å². The summed E-state index contributed by atoms with van der Waals surface area (Å²) in [5.74, 6) is 1.33. The molecule has 0 amide bonds. The SMILES string of the molecule is C=C(C)O[Si](C)(OC(=C)C)c1ccccc1. The molecule has 0 aliphatic carbocycles. The Balaban J connectivity index is 3.04. The Labute approximate surface area is 98.5 Å². The monoisotopic (exact) mass is 234 g/mol. The molecule has 0 unspecified atom stereocenters. The second-order valence-corrected chi connectivity index (χ2v) is 6.80. The predicted octanol–water partition coefficient (Wildman–Crippen LogP) is 3.07. The normalized spacial score (nSPS) is 10.7. The van der Waals surface area contributed by atoms with Crippen LogP contribution in [0.5, 0.6) is 0 Å². The summed E-state index contributed by atoms with van der Waals surface area (Å²) in [6.45, 7) is 13.2. The zero-order chi connectivity index (χ0) is 12.2. The highest BCUT2D eigenvalue weighted by atomic mass is 28.4. The second kappa shape index (κ2) is 5.03. The zero-order valence-corrected chi connectivity index (χ0v) is 11.1. The number of benzene rings is 1. The van der Waals surface area contributed by atoms with E-state index in [1.54, 1.807) is 0 Å². The summed E-state index contributed by atoms with van der Waals surface area (Å²) < 4.78 is 11.6. The van der Waals surface area contributed by atoms with Crippen molar-refractivity contribution in [2.24, 2.45) is 0 Å². The van der Waals surface area contributed by atoms with Crippen LogP contribution in [0.15, 0.2) is 55.0 Å². The molecule has 0 spiro atoms. The molecule has 0 radical (unpaired) electrons. The molecule has 16 heavy (non-hydrogen) atoms. The van der Waals surface area contributed by atoms with Crippen molar-refractivity contribution >= 4 is 13.7 Å². The Hall–Kier alpha value is -1.48. The molecule has 2 nitrogen and oxygen atoms in total. The van der Waals surface area contributed by atoms with Gasteiger partial charge in [0.05, 0.1) is 11.5 Å². The molecule has 0 N–H and O–H groups in total. The van der Waals surface area contributed by atoms with Gasteiger partial charge in [-0.3, -0.25) is 0 Å². The Morgan fingerprint density at radius 3 is 1.81 bits per heavy atom. The van der Waals surface area contributed by atoms with E-state index in [4.69, 9.17) is 8.85 Å². The van der Waals surface area contributed by atoms with E-state index in [1.807, 2.05) is 50.7 Å². The van der Waals surface area contributed by atoms with E-state index in [0.29, 0.717) is 11.5 Å². The minimum absolute atomic E-state index is 0.666. The van der Waals surface area contributed by atoms with E-state index in [0.717, 1.165) is 5.19 Å². The Kier molecular flexibility index (Phi) is 3.96. The standard InChI is InChI=1S/C13H18O2Si/c1-11(2)14-16(5,15-12(3)4)13-9-7-6-8-10-13/h6-10H,1,3H2,2,4-5H3. The quantitative estimate of drug-likeness (QED) is 0.576. The molecule has 1 rings (SSSR count). The van der Waals surface area contributed by atoms with Crippen molar-refractivity contribution < 1.29 is 8.85 Å². The fourth-order valence-electron chi connectivity index (χ4n) is 1.54. The van der Waals surface area contributed by atoms with Crippen LogP contribution < -0.4 is 5.19 Å². The van der Waals surface area contributed by atoms with Gasteiger partial charge in [-0.25, -0.2) is 0 Å². The number of rotatable bonds is 5. The maximum Gasteiger partial charge on any atom is 0.491 e. The number of allylic oxidation sites excluding steroid dienone is 2. The van der Waals surface area contributed by atoms with E-state index in [1.165, 1.54) is 0 Å². The van der Waals surface area contributed by atoms with Gasteiger partial charge in [0.2, 0.25) is 0 Å². The van der Waals surface area contributed by atoms with Gasteiger partial charge in [-0.15, -0.1) is 0 Å². The van der Waals surface area contributed by atoms with Gasteiger partial charge in [0, 0.05) is 11.7 Å². The minimum atomic E-state index is -2.45. The lowest BCUT2D eigenvalue weighted by atomic mass is 10.4. The first-order valence-corrected chi connectivity index (χ1v) is 7.50. The molecule has 0 aliphatic rings. The Bertz CT molecular complexity index is 368. The third-order valence-electron chi connectivity index (χ3n) is 2.04. The molecule has 0 fully saturated rings. The third-order valence-corrected chi connectivity index (χ3v) is 4.89. The van der Waals surface area contributed by atoms with Crippen LogP contribution in [0.4, 0.5) is 0 Å². The fourth-order valence-corrected chi connectivity index (χ4v) is 3.95. The molecule has 1 aromatic rings. The van der Waals surface area contributed by atoms with Gasteiger partial charge in [0.15, 0.2) is 0 Å². The predicted molar refractivity (Wildman–Crippen MR) is 69.5 cm³/mol. The van der Waals surface area contributed by atoms with E-state index in [-0.39, 0.29) is 0 Å². The van der Waals surface area contributed by atoms with E-state index >= 15 is 0 Å². The van der Waals surface area contributed by atoms with E-state index in [9.17, 15) is 0 Å². The van der Waals surface area contributed by atoms with Crippen molar-refractivity contribution in [3.8, 4) is 0 Å². The topological polar surface area (TPSA) is 18.5 Å².